The first-order valence-corrected chi connectivity index (χ1v) is 21.5. The van der Waals surface area contributed by atoms with E-state index in [0.29, 0.717) is 51.4 Å². The molecule has 0 aromatic heterocycles. The summed E-state index contributed by atoms with van der Waals surface area (Å²) >= 11 is 0. The molecule has 16 heteroatoms. The molecule has 1 heterocycles. The van der Waals surface area contributed by atoms with Crippen LogP contribution in [-0.4, -0.2) is 87.0 Å². The van der Waals surface area contributed by atoms with Crippen molar-refractivity contribution < 1.29 is 69.4 Å². The van der Waals surface area contributed by atoms with Crippen LogP contribution in [0.2, 0.25) is 0 Å². The predicted octanol–water partition coefficient (Wildman–Crippen LogP) is 5.37. The number of esters is 3. The van der Waals surface area contributed by atoms with Gasteiger partial charge < -0.3 is 33.3 Å². The SMILES string of the molecule is O=CC1CC2CCCC(C(=O)OCC3(COC(=O)C45CCCC(CC(C=O)C4)C5)COC(C4CC5CCC[C@](OC(=O)C(F)(F)S(=O)(=O)O)(C5)C4)OC3)(C1)C2. The maximum atomic E-state index is 14.3. The van der Waals surface area contributed by atoms with E-state index in [0.717, 1.165) is 57.5 Å². The van der Waals surface area contributed by atoms with E-state index in [1.54, 1.807) is 0 Å². The Morgan fingerprint density at radius 3 is 1.71 bits per heavy atom. The number of carbonyl (C=O) groups is 5. The topological polar surface area (TPSA) is 186 Å². The minimum Gasteiger partial charge on any atom is -0.464 e. The van der Waals surface area contributed by atoms with E-state index in [-0.39, 0.29) is 75.3 Å². The summed E-state index contributed by atoms with van der Waals surface area (Å²) in [6.07, 6.45) is 12.0. The third kappa shape index (κ3) is 8.12. The Morgan fingerprint density at radius 1 is 0.727 bits per heavy atom. The van der Waals surface area contributed by atoms with Gasteiger partial charge in [-0.15, -0.1) is 0 Å². The van der Waals surface area contributed by atoms with Crippen LogP contribution in [0.15, 0.2) is 0 Å². The molecule has 55 heavy (non-hydrogen) atoms. The molecular formula is C39H54F2O13S. The van der Waals surface area contributed by atoms with Crippen molar-refractivity contribution in [2.45, 2.75) is 133 Å². The summed E-state index contributed by atoms with van der Waals surface area (Å²) < 4.78 is 90.2. The minimum atomic E-state index is -6.05. The molecule has 6 aliphatic carbocycles. The highest BCUT2D eigenvalue weighted by atomic mass is 32.2. The largest absolute Gasteiger partial charge is 0.465 e. The zero-order valence-corrected chi connectivity index (χ0v) is 32.1. The molecule has 7 aliphatic rings. The quantitative estimate of drug-likeness (QED) is 0.115. The second-order valence-electron chi connectivity index (χ2n) is 18.5. The number of fused-ring (bicyclic) bond motifs is 6. The van der Waals surface area contributed by atoms with E-state index in [1.807, 2.05) is 0 Å². The van der Waals surface area contributed by atoms with Gasteiger partial charge in [-0.3, -0.25) is 14.1 Å². The summed E-state index contributed by atoms with van der Waals surface area (Å²) in [7, 11) is -6.05. The lowest BCUT2D eigenvalue weighted by Gasteiger charge is -2.50. The van der Waals surface area contributed by atoms with Crippen LogP contribution in [-0.2, 0) is 57.8 Å². The van der Waals surface area contributed by atoms with Gasteiger partial charge in [0.1, 0.15) is 31.4 Å². The second kappa shape index (κ2) is 15.3. The van der Waals surface area contributed by atoms with E-state index in [1.165, 1.54) is 0 Å². The minimum absolute atomic E-state index is 0.0472. The fourth-order valence-electron chi connectivity index (χ4n) is 11.9. The second-order valence-corrected chi connectivity index (χ2v) is 20.0. The molecule has 1 aliphatic heterocycles. The molecule has 13 nitrogen and oxygen atoms in total. The molecule has 0 radical (unpaired) electrons. The fourth-order valence-corrected chi connectivity index (χ4v) is 12.1. The van der Waals surface area contributed by atoms with Crippen LogP contribution in [0.25, 0.3) is 0 Å². The molecule has 0 aromatic rings. The van der Waals surface area contributed by atoms with Crippen LogP contribution in [0.3, 0.4) is 0 Å². The Hall–Kier alpha value is -2.56. The van der Waals surface area contributed by atoms with Crippen LogP contribution in [0.4, 0.5) is 8.78 Å². The lowest BCUT2D eigenvalue weighted by molar-refractivity contribution is -0.279. The smallest absolute Gasteiger partial charge is 0.464 e. The van der Waals surface area contributed by atoms with Crippen molar-refractivity contribution in [2.24, 2.45) is 51.8 Å². The molecule has 7 fully saturated rings. The summed E-state index contributed by atoms with van der Waals surface area (Å²) in [5.41, 5.74) is -4.07. The number of hydrogen-bond donors (Lipinski definition) is 1. The van der Waals surface area contributed by atoms with Gasteiger partial charge in [0.05, 0.1) is 29.5 Å². The first kappa shape index (κ1) is 40.6. The third-order valence-electron chi connectivity index (χ3n) is 14.3. The number of aldehydes is 2. The Bertz CT molecular complexity index is 1550. The highest BCUT2D eigenvalue weighted by Crippen LogP contribution is 2.54. The van der Waals surface area contributed by atoms with Gasteiger partial charge in [0.15, 0.2) is 6.29 Å². The molecule has 9 atom stereocenters. The highest BCUT2D eigenvalue weighted by Gasteiger charge is 2.59. The van der Waals surface area contributed by atoms with Gasteiger partial charge in [0.25, 0.3) is 0 Å². The van der Waals surface area contributed by atoms with Crippen LogP contribution >= 0.6 is 0 Å². The van der Waals surface area contributed by atoms with Crippen LogP contribution in [0.1, 0.15) is 116 Å². The van der Waals surface area contributed by atoms with E-state index in [2.05, 4.69) is 0 Å². The monoisotopic (exact) mass is 800 g/mol. The van der Waals surface area contributed by atoms with E-state index >= 15 is 0 Å². The van der Waals surface area contributed by atoms with Gasteiger partial charge >= 0.3 is 33.3 Å². The van der Waals surface area contributed by atoms with E-state index < -0.39 is 67.3 Å². The first-order valence-electron chi connectivity index (χ1n) is 20.1. The number of rotatable bonds is 12. The summed E-state index contributed by atoms with van der Waals surface area (Å²) in [6.45, 7) is -0.468. The lowest BCUT2D eigenvalue weighted by Crippen LogP contribution is -2.55. The molecular weight excluding hydrogens is 746 g/mol. The average molecular weight is 801 g/mol. The number of hydrogen-bond acceptors (Lipinski definition) is 12. The van der Waals surface area contributed by atoms with Crippen molar-refractivity contribution in [3.8, 4) is 0 Å². The standard InChI is InChI=1S/C39H54F2O13S/c40-39(41,55(47,48)49)34(46)54-38-9-3-6-27(17-38)12-30(18-38)31-50-21-35(22-51-31,23-52-32(44)36-7-1-4-25(13-36)10-28(15-36)19-42)24-53-33(45)37-8-2-5-26(14-37)11-29(16-37)20-43/h19-20,25-31H,1-18,21-24H2,(H,47,48,49)/t25?,26?,27?,28?,29?,30?,31?,35?,36?,37?,38-/m0/s1. The van der Waals surface area contributed by atoms with Gasteiger partial charge in [-0.25, -0.2) is 4.79 Å². The molecule has 1 saturated heterocycles. The third-order valence-corrected chi connectivity index (χ3v) is 15.1. The van der Waals surface area contributed by atoms with E-state index in [9.17, 15) is 41.2 Å². The number of carbonyl (C=O) groups excluding carboxylic acids is 5. The van der Waals surface area contributed by atoms with Crippen molar-refractivity contribution in [2.75, 3.05) is 26.4 Å². The fraction of sp³-hybridized carbons (Fsp3) is 0.872. The Morgan fingerprint density at radius 2 is 1.22 bits per heavy atom. The maximum Gasteiger partial charge on any atom is 0.465 e. The van der Waals surface area contributed by atoms with Crippen molar-refractivity contribution in [3.05, 3.63) is 0 Å². The normalized spacial score (nSPS) is 41.6. The Labute approximate surface area is 320 Å². The molecule has 0 aromatic carbocycles. The molecule has 7 rings (SSSR count). The summed E-state index contributed by atoms with van der Waals surface area (Å²) in [4.78, 5) is 64.0. The molecule has 6 bridgehead atoms. The first-order chi connectivity index (χ1) is 26.0. The van der Waals surface area contributed by atoms with Gasteiger partial charge in [0, 0.05) is 17.8 Å². The van der Waals surface area contributed by atoms with Gasteiger partial charge in [-0.1, -0.05) is 32.1 Å². The van der Waals surface area contributed by atoms with Crippen LogP contribution in [0.5, 0.6) is 0 Å². The molecule has 8 unspecified atom stereocenters. The predicted molar refractivity (Wildman–Crippen MR) is 186 cm³/mol. The number of ether oxygens (including phenoxy) is 5. The number of halogens is 2. The molecule has 1 N–H and O–H groups in total. The zero-order chi connectivity index (χ0) is 39.3. The molecule has 0 amide bonds. The van der Waals surface area contributed by atoms with Crippen LogP contribution in [0, 0.1) is 51.8 Å². The van der Waals surface area contributed by atoms with Gasteiger partial charge in [-0.05, 0) is 101 Å². The molecule has 6 saturated carbocycles. The Kier molecular flexibility index (Phi) is 11.3. The molecule has 0 spiro atoms. The summed E-state index contributed by atoms with van der Waals surface area (Å²) in [6, 6.07) is 0. The number of alkyl halides is 2. The van der Waals surface area contributed by atoms with Gasteiger partial charge in [-0.2, -0.15) is 17.2 Å². The Balaban J connectivity index is 1.06. The van der Waals surface area contributed by atoms with Crippen LogP contribution < -0.4 is 0 Å². The van der Waals surface area contributed by atoms with Crippen molar-refractivity contribution in [1.29, 1.82) is 0 Å². The van der Waals surface area contributed by atoms with E-state index in [4.69, 9.17) is 28.2 Å². The van der Waals surface area contributed by atoms with Crippen molar-refractivity contribution in [1.82, 2.24) is 0 Å². The summed E-state index contributed by atoms with van der Waals surface area (Å²) in [5.74, 6) is -3.49. The molecule has 308 valence electrons. The zero-order valence-electron chi connectivity index (χ0n) is 31.3. The lowest BCUT2D eigenvalue weighted by atomic mass is 9.59. The summed E-state index contributed by atoms with van der Waals surface area (Å²) in [5, 5.41) is -5.12. The van der Waals surface area contributed by atoms with Crippen molar-refractivity contribution in [3.63, 3.8) is 0 Å². The highest BCUT2D eigenvalue weighted by molar-refractivity contribution is 7.87. The maximum absolute atomic E-state index is 14.3. The van der Waals surface area contributed by atoms with Gasteiger partial charge in [0.2, 0.25) is 0 Å². The average Bonchev–Trinajstić information content (AvgIpc) is 3.15. The van der Waals surface area contributed by atoms with Crippen molar-refractivity contribution >= 4 is 40.6 Å².